The molecular formula is C19H25N3O3. The monoisotopic (exact) mass is 343 g/mol. The molecule has 0 aliphatic carbocycles. The second kappa shape index (κ2) is 6.86. The molecule has 0 radical (unpaired) electrons. The Balaban J connectivity index is 1.27. The fourth-order valence-corrected chi connectivity index (χ4v) is 3.86. The van der Waals surface area contributed by atoms with Crippen LogP contribution in [0.2, 0.25) is 0 Å². The smallest absolute Gasteiger partial charge is 0.133 e. The van der Waals surface area contributed by atoms with Gasteiger partial charge in [-0.2, -0.15) is 0 Å². The number of hydrogen-bond acceptors (Lipinski definition) is 6. The highest BCUT2D eigenvalue weighted by Crippen LogP contribution is 2.36. The lowest BCUT2D eigenvalue weighted by Gasteiger charge is -2.53. The van der Waals surface area contributed by atoms with Crippen molar-refractivity contribution >= 4 is 0 Å². The Bertz CT molecular complexity index is 724. The molecule has 25 heavy (non-hydrogen) atoms. The Morgan fingerprint density at radius 3 is 2.92 bits per heavy atom. The van der Waals surface area contributed by atoms with Gasteiger partial charge >= 0.3 is 0 Å². The van der Waals surface area contributed by atoms with Gasteiger partial charge < -0.3 is 14.0 Å². The molecule has 2 aliphatic heterocycles. The number of aromatic nitrogens is 2. The number of hydrogen-bond donors (Lipinski definition) is 0. The molecule has 2 aliphatic rings. The molecule has 1 atom stereocenters. The van der Waals surface area contributed by atoms with Crippen LogP contribution in [-0.2, 0) is 22.6 Å². The van der Waals surface area contributed by atoms with Crippen LogP contribution in [0, 0.1) is 13.8 Å². The van der Waals surface area contributed by atoms with E-state index < -0.39 is 0 Å². The zero-order valence-electron chi connectivity index (χ0n) is 14.9. The van der Waals surface area contributed by atoms with Crippen molar-refractivity contribution in [2.24, 2.45) is 0 Å². The lowest BCUT2D eigenvalue weighted by Crippen LogP contribution is -2.65. The van der Waals surface area contributed by atoms with E-state index in [-0.39, 0.29) is 11.7 Å². The van der Waals surface area contributed by atoms with Crippen molar-refractivity contribution in [3.63, 3.8) is 0 Å². The van der Waals surface area contributed by atoms with Crippen LogP contribution < -0.4 is 0 Å². The largest absolute Gasteiger partial charge is 0.373 e. The summed E-state index contributed by atoms with van der Waals surface area (Å²) in [5.41, 5.74) is 3.24. The summed E-state index contributed by atoms with van der Waals surface area (Å²) >= 11 is 0. The van der Waals surface area contributed by atoms with E-state index in [1.54, 1.807) is 0 Å². The van der Waals surface area contributed by atoms with Gasteiger partial charge in [-0.1, -0.05) is 11.2 Å². The van der Waals surface area contributed by atoms with E-state index >= 15 is 0 Å². The standard InChI is InChI=1S/C19H25N3O3/c1-14-5-16(9-20-8-14)11-23-18-3-4-24-19(7-18)12-22(13-19)10-17-6-15(2)25-21-17/h5-6,8-9,18H,3-4,7,10-13H2,1-2H3/t18-/m1/s1. The minimum Gasteiger partial charge on any atom is -0.373 e. The molecule has 0 aromatic carbocycles. The molecule has 0 saturated carbocycles. The molecule has 6 heteroatoms. The predicted molar refractivity (Wildman–Crippen MR) is 92.0 cm³/mol. The predicted octanol–water partition coefficient (Wildman–Crippen LogP) is 2.64. The summed E-state index contributed by atoms with van der Waals surface area (Å²) < 4.78 is 17.4. The van der Waals surface area contributed by atoms with Crippen molar-refractivity contribution in [3.8, 4) is 0 Å². The lowest BCUT2D eigenvalue weighted by atomic mass is 9.84. The van der Waals surface area contributed by atoms with Crippen molar-refractivity contribution in [1.29, 1.82) is 0 Å². The van der Waals surface area contributed by atoms with Gasteiger partial charge in [0.25, 0.3) is 0 Å². The highest BCUT2D eigenvalue weighted by Gasteiger charge is 2.47. The average Bonchev–Trinajstić information content (AvgIpc) is 2.97. The zero-order valence-corrected chi connectivity index (χ0v) is 14.9. The first-order valence-electron chi connectivity index (χ1n) is 8.91. The summed E-state index contributed by atoms with van der Waals surface area (Å²) in [7, 11) is 0. The SMILES string of the molecule is Cc1cncc(CO[C@@H]2CCOC3(C2)CN(Cc2cc(C)on2)C3)c1. The van der Waals surface area contributed by atoms with E-state index in [0.29, 0.717) is 6.61 Å². The molecule has 0 N–H and O–H groups in total. The van der Waals surface area contributed by atoms with Crippen LogP contribution in [-0.4, -0.2) is 46.4 Å². The molecule has 0 unspecified atom stereocenters. The number of ether oxygens (including phenoxy) is 2. The van der Waals surface area contributed by atoms with Crippen LogP contribution in [0.1, 0.15) is 35.4 Å². The van der Waals surface area contributed by atoms with Crippen LogP contribution >= 0.6 is 0 Å². The van der Waals surface area contributed by atoms with Crippen LogP contribution in [0.25, 0.3) is 0 Å². The van der Waals surface area contributed by atoms with Gasteiger partial charge in [-0.15, -0.1) is 0 Å². The number of pyridine rings is 1. The molecule has 2 fully saturated rings. The van der Waals surface area contributed by atoms with Crippen LogP contribution in [0.4, 0.5) is 0 Å². The van der Waals surface area contributed by atoms with E-state index in [4.69, 9.17) is 14.0 Å². The average molecular weight is 343 g/mol. The quantitative estimate of drug-likeness (QED) is 0.832. The molecule has 134 valence electrons. The summed E-state index contributed by atoms with van der Waals surface area (Å²) in [5.74, 6) is 0.859. The minimum atomic E-state index is -0.0491. The van der Waals surface area contributed by atoms with Gasteiger partial charge in [0.05, 0.1) is 24.0 Å². The molecular weight excluding hydrogens is 318 g/mol. The maximum absolute atomic E-state index is 6.15. The fourth-order valence-electron chi connectivity index (χ4n) is 3.86. The topological polar surface area (TPSA) is 60.6 Å². The number of aryl methyl sites for hydroxylation is 2. The number of rotatable bonds is 5. The Kier molecular flexibility index (Phi) is 4.58. The van der Waals surface area contributed by atoms with Crippen molar-refractivity contribution in [1.82, 2.24) is 15.0 Å². The van der Waals surface area contributed by atoms with Crippen molar-refractivity contribution in [3.05, 3.63) is 47.1 Å². The molecule has 2 saturated heterocycles. The van der Waals surface area contributed by atoms with Crippen molar-refractivity contribution in [2.45, 2.75) is 51.5 Å². The normalized spacial score (nSPS) is 22.9. The minimum absolute atomic E-state index is 0.0491. The van der Waals surface area contributed by atoms with E-state index in [0.717, 1.165) is 56.1 Å². The first-order valence-corrected chi connectivity index (χ1v) is 8.91. The number of nitrogens with zero attached hydrogens (tertiary/aromatic N) is 3. The highest BCUT2D eigenvalue weighted by molar-refractivity contribution is 5.15. The molecule has 0 amide bonds. The maximum atomic E-state index is 6.15. The molecule has 2 aromatic rings. The molecule has 6 nitrogen and oxygen atoms in total. The van der Waals surface area contributed by atoms with Crippen molar-refractivity contribution < 1.29 is 14.0 Å². The van der Waals surface area contributed by atoms with E-state index in [1.807, 2.05) is 25.4 Å². The van der Waals surface area contributed by atoms with E-state index in [1.165, 1.54) is 5.56 Å². The third-order valence-corrected chi connectivity index (χ3v) is 4.95. The highest BCUT2D eigenvalue weighted by atomic mass is 16.5. The fraction of sp³-hybridized carbons (Fsp3) is 0.579. The second-order valence-electron chi connectivity index (χ2n) is 7.40. The summed E-state index contributed by atoms with van der Waals surface area (Å²) in [6.45, 7) is 8.06. The summed E-state index contributed by atoms with van der Waals surface area (Å²) in [6.07, 6.45) is 5.93. The lowest BCUT2D eigenvalue weighted by molar-refractivity contribution is -0.200. The molecule has 4 heterocycles. The van der Waals surface area contributed by atoms with Gasteiger partial charge in [0, 0.05) is 51.1 Å². The first kappa shape index (κ1) is 16.7. The third kappa shape index (κ3) is 3.92. The third-order valence-electron chi connectivity index (χ3n) is 4.95. The van der Waals surface area contributed by atoms with Crippen LogP contribution in [0.5, 0.6) is 0 Å². The van der Waals surface area contributed by atoms with Gasteiger partial charge in [-0.3, -0.25) is 9.88 Å². The molecule has 0 bridgehead atoms. The van der Waals surface area contributed by atoms with Crippen molar-refractivity contribution in [2.75, 3.05) is 19.7 Å². The number of likely N-dealkylation sites (tertiary alicyclic amines) is 1. The molecule has 4 rings (SSSR count). The summed E-state index contributed by atoms with van der Waals surface area (Å²) in [5, 5.41) is 4.07. The Morgan fingerprint density at radius 1 is 1.28 bits per heavy atom. The van der Waals surface area contributed by atoms with Gasteiger partial charge in [0.2, 0.25) is 0 Å². The van der Waals surface area contributed by atoms with Gasteiger partial charge in [0.1, 0.15) is 5.76 Å². The second-order valence-corrected chi connectivity index (χ2v) is 7.40. The van der Waals surface area contributed by atoms with Crippen LogP contribution in [0.3, 0.4) is 0 Å². The van der Waals surface area contributed by atoms with Crippen LogP contribution in [0.15, 0.2) is 29.0 Å². The first-order chi connectivity index (χ1) is 12.1. The van der Waals surface area contributed by atoms with Gasteiger partial charge in [-0.25, -0.2) is 0 Å². The van der Waals surface area contributed by atoms with E-state index in [9.17, 15) is 0 Å². The maximum Gasteiger partial charge on any atom is 0.133 e. The molecule has 1 spiro atoms. The van der Waals surface area contributed by atoms with Gasteiger partial charge in [0.15, 0.2) is 0 Å². The molecule has 2 aromatic heterocycles. The Hall–Kier alpha value is -1.76. The van der Waals surface area contributed by atoms with Gasteiger partial charge in [-0.05, 0) is 31.4 Å². The van der Waals surface area contributed by atoms with E-state index in [2.05, 4.69) is 28.0 Å². The zero-order chi connectivity index (χ0) is 17.3. The Morgan fingerprint density at radius 2 is 2.16 bits per heavy atom. The summed E-state index contributed by atoms with van der Waals surface area (Å²) in [4.78, 5) is 6.58. The summed E-state index contributed by atoms with van der Waals surface area (Å²) in [6, 6.07) is 4.13. The Labute approximate surface area is 148 Å².